The molecule has 94 valence electrons. The maximum Gasteiger partial charge on any atom is 0.339 e. The van der Waals surface area contributed by atoms with Crippen molar-refractivity contribution in [2.24, 2.45) is 0 Å². The highest BCUT2D eigenvalue weighted by atomic mass is 16.6. The van der Waals surface area contributed by atoms with Gasteiger partial charge in [-0.05, 0) is 6.07 Å². The summed E-state index contributed by atoms with van der Waals surface area (Å²) in [6.07, 6.45) is -0.566. The van der Waals surface area contributed by atoms with E-state index in [-0.39, 0.29) is 5.69 Å². The minimum absolute atomic E-state index is 0.0158. The van der Waals surface area contributed by atoms with E-state index >= 15 is 0 Å². The van der Waals surface area contributed by atoms with Crippen LogP contribution in [-0.4, -0.2) is 10.9 Å². The van der Waals surface area contributed by atoms with Gasteiger partial charge in [-0.3, -0.25) is 10.1 Å². The molecular formula is C14H9NO4. The summed E-state index contributed by atoms with van der Waals surface area (Å²) < 4.78 is 5.29. The molecule has 2 aromatic carbocycles. The average molecular weight is 255 g/mol. The minimum Gasteiger partial charge on any atom is -0.449 e. The normalized spacial score (nSPS) is 16.8. The lowest BCUT2D eigenvalue weighted by atomic mass is 9.99. The van der Waals surface area contributed by atoms with Gasteiger partial charge < -0.3 is 4.74 Å². The third kappa shape index (κ3) is 1.85. The van der Waals surface area contributed by atoms with E-state index in [4.69, 9.17) is 4.74 Å². The van der Waals surface area contributed by atoms with Crippen molar-refractivity contribution in [3.05, 3.63) is 75.3 Å². The molecule has 1 aliphatic rings. The lowest BCUT2D eigenvalue weighted by molar-refractivity contribution is -0.385. The second-order valence-electron chi connectivity index (χ2n) is 4.22. The van der Waals surface area contributed by atoms with Crippen LogP contribution in [-0.2, 0) is 4.74 Å². The van der Waals surface area contributed by atoms with Crippen molar-refractivity contribution in [2.75, 3.05) is 0 Å². The van der Waals surface area contributed by atoms with Crippen LogP contribution >= 0.6 is 0 Å². The van der Waals surface area contributed by atoms with E-state index in [1.807, 2.05) is 6.07 Å². The summed E-state index contributed by atoms with van der Waals surface area (Å²) >= 11 is 0. The van der Waals surface area contributed by atoms with Crippen LogP contribution in [0.25, 0.3) is 0 Å². The van der Waals surface area contributed by atoms with Gasteiger partial charge in [0.1, 0.15) is 0 Å². The Labute approximate surface area is 108 Å². The SMILES string of the molecule is O=C1OC(c2cccc([N+](=O)[O-])c2)c2ccccc21. The number of hydrogen-bond donors (Lipinski definition) is 0. The molecule has 0 N–H and O–H groups in total. The van der Waals surface area contributed by atoms with Crippen molar-refractivity contribution in [1.82, 2.24) is 0 Å². The molecule has 1 unspecified atom stereocenters. The number of fused-ring (bicyclic) bond motifs is 1. The van der Waals surface area contributed by atoms with Gasteiger partial charge in [0.25, 0.3) is 5.69 Å². The summed E-state index contributed by atoms with van der Waals surface area (Å²) in [4.78, 5) is 22.0. The average Bonchev–Trinajstić information content (AvgIpc) is 2.77. The van der Waals surface area contributed by atoms with E-state index in [1.54, 1.807) is 30.3 Å². The topological polar surface area (TPSA) is 69.4 Å². The lowest BCUT2D eigenvalue weighted by Gasteiger charge is -2.10. The first kappa shape index (κ1) is 11.4. The maximum atomic E-state index is 11.7. The molecule has 3 rings (SSSR count). The monoisotopic (exact) mass is 255 g/mol. The van der Waals surface area contributed by atoms with Gasteiger partial charge in [-0.2, -0.15) is 0 Å². The molecule has 0 aliphatic carbocycles. The van der Waals surface area contributed by atoms with Gasteiger partial charge in [0.15, 0.2) is 6.10 Å². The van der Waals surface area contributed by atoms with Crippen LogP contribution in [0.1, 0.15) is 27.6 Å². The van der Waals surface area contributed by atoms with Crippen molar-refractivity contribution < 1.29 is 14.5 Å². The van der Waals surface area contributed by atoms with Gasteiger partial charge in [0.2, 0.25) is 0 Å². The number of carbonyl (C=O) groups excluding carboxylic acids is 1. The Balaban J connectivity index is 2.07. The van der Waals surface area contributed by atoms with Crippen LogP contribution < -0.4 is 0 Å². The van der Waals surface area contributed by atoms with Crippen LogP contribution in [0.2, 0.25) is 0 Å². The highest BCUT2D eigenvalue weighted by molar-refractivity contribution is 5.94. The highest BCUT2D eigenvalue weighted by Gasteiger charge is 2.32. The van der Waals surface area contributed by atoms with Gasteiger partial charge in [0, 0.05) is 23.3 Å². The molecule has 0 aromatic heterocycles. The Morgan fingerprint density at radius 1 is 1.11 bits per heavy atom. The fourth-order valence-corrected chi connectivity index (χ4v) is 2.19. The fraction of sp³-hybridized carbons (Fsp3) is 0.0714. The van der Waals surface area contributed by atoms with Crippen molar-refractivity contribution in [2.45, 2.75) is 6.10 Å². The molecule has 1 heterocycles. The maximum absolute atomic E-state index is 11.7. The predicted octanol–water partition coefficient (Wildman–Crippen LogP) is 2.85. The highest BCUT2D eigenvalue weighted by Crippen LogP contribution is 2.36. The third-order valence-corrected chi connectivity index (χ3v) is 3.07. The zero-order valence-electron chi connectivity index (χ0n) is 9.78. The minimum atomic E-state index is -0.566. The number of benzene rings is 2. The van der Waals surface area contributed by atoms with Crippen LogP contribution in [0.3, 0.4) is 0 Å². The Bertz CT molecular complexity index is 681. The van der Waals surface area contributed by atoms with Crippen LogP contribution in [0.15, 0.2) is 48.5 Å². The molecule has 0 saturated carbocycles. The zero-order chi connectivity index (χ0) is 13.4. The molecule has 1 atom stereocenters. The first-order valence-corrected chi connectivity index (χ1v) is 5.71. The second kappa shape index (κ2) is 4.20. The molecule has 2 aromatic rings. The first-order valence-electron chi connectivity index (χ1n) is 5.71. The number of non-ortho nitro benzene ring substituents is 1. The van der Waals surface area contributed by atoms with Crippen molar-refractivity contribution in [1.29, 1.82) is 0 Å². The molecule has 5 heteroatoms. The molecule has 0 amide bonds. The molecular weight excluding hydrogens is 246 g/mol. The van der Waals surface area contributed by atoms with E-state index in [0.717, 1.165) is 5.56 Å². The summed E-state index contributed by atoms with van der Waals surface area (Å²) in [7, 11) is 0. The summed E-state index contributed by atoms with van der Waals surface area (Å²) in [5.41, 5.74) is 1.84. The van der Waals surface area contributed by atoms with Gasteiger partial charge in [-0.25, -0.2) is 4.79 Å². The summed E-state index contributed by atoms with van der Waals surface area (Å²) in [6.45, 7) is 0. The molecule has 0 fully saturated rings. The fourth-order valence-electron chi connectivity index (χ4n) is 2.19. The van der Waals surface area contributed by atoms with Crippen LogP contribution in [0.5, 0.6) is 0 Å². The Morgan fingerprint density at radius 3 is 2.68 bits per heavy atom. The largest absolute Gasteiger partial charge is 0.449 e. The molecule has 0 saturated heterocycles. The van der Waals surface area contributed by atoms with Crippen LogP contribution in [0.4, 0.5) is 5.69 Å². The molecule has 1 aliphatic heterocycles. The van der Waals surface area contributed by atoms with E-state index in [9.17, 15) is 14.9 Å². The second-order valence-corrected chi connectivity index (χ2v) is 4.22. The van der Waals surface area contributed by atoms with Crippen molar-refractivity contribution in [3.8, 4) is 0 Å². The number of nitro benzene ring substituents is 1. The van der Waals surface area contributed by atoms with E-state index in [0.29, 0.717) is 11.1 Å². The van der Waals surface area contributed by atoms with E-state index < -0.39 is 17.0 Å². The number of rotatable bonds is 2. The number of esters is 1. The van der Waals surface area contributed by atoms with E-state index in [1.165, 1.54) is 12.1 Å². The number of cyclic esters (lactones) is 1. The molecule has 0 radical (unpaired) electrons. The first-order chi connectivity index (χ1) is 9.16. The number of carbonyl (C=O) groups is 1. The number of nitro groups is 1. The quantitative estimate of drug-likeness (QED) is 0.470. The number of nitrogens with zero attached hydrogens (tertiary/aromatic N) is 1. The third-order valence-electron chi connectivity index (χ3n) is 3.07. The number of ether oxygens (including phenoxy) is 1. The van der Waals surface area contributed by atoms with Crippen molar-refractivity contribution >= 4 is 11.7 Å². The summed E-state index contributed by atoms with van der Waals surface area (Å²) in [5, 5.41) is 10.8. The van der Waals surface area contributed by atoms with Crippen molar-refractivity contribution in [3.63, 3.8) is 0 Å². The number of hydrogen-bond acceptors (Lipinski definition) is 4. The van der Waals surface area contributed by atoms with Gasteiger partial charge >= 0.3 is 5.97 Å². The molecule has 0 bridgehead atoms. The molecule has 19 heavy (non-hydrogen) atoms. The summed E-state index contributed by atoms with van der Waals surface area (Å²) in [6, 6.07) is 13.2. The van der Waals surface area contributed by atoms with Gasteiger partial charge in [-0.15, -0.1) is 0 Å². The lowest BCUT2D eigenvalue weighted by Crippen LogP contribution is -2.01. The standard InChI is InChI=1S/C14H9NO4/c16-14-12-7-2-1-6-11(12)13(19-14)9-4-3-5-10(8-9)15(17)18/h1-8,13H. The van der Waals surface area contributed by atoms with Gasteiger partial charge in [0.05, 0.1) is 10.5 Å². The Morgan fingerprint density at radius 2 is 1.89 bits per heavy atom. The smallest absolute Gasteiger partial charge is 0.339 e. The van der Waals surface area contributed by atoms with Crippen LogP contribution in [0, 0.1) is 10.1 Å². The van der Waals surface area contributed by atoms with E-state index in [2.05, 4.69) is 0 Å². The Hall–Kier alpha value is -2.69. The van der Waals surface area contributed by atoms with Gasteiger partial charge in [-0.1, -0.05) is 30.3 Å². The zero-order valence-corrected chi connectivity index (χ0v) is 9.78. The molecule has 0 spiro atoms. The molecule has 5 nitrogen and oxygen atoms in total. The Kier molecular flexibility index (Phi) is 2.52. The predicted molar refractivity (Wildman–Crippen MR) is 66.8 cm³/mol. The summed E-state index contributed by atoms with van der Waals surface area (Å²) in [5.74, 6) is -0.396.